The van der Waals surface area contributed by atoms with E-state index in [-0.39, 0.29) is 6.04 Å². The topological polar surface area (TPSA) is 55.6 Å². The lowest BCUT2D eigenvalue weighted by Crippen LogP contribution is -2.42. The van der Waals surface area contributed by atoms with Crippen LogP contribution in [0.2, 0.25) is 0 Å². The van der Waals surface area contributed by atoms with E-state index in [1.807, 2.05) is 4.90 Å². The predicted molar refractivity (Wildman–Crippen MR) is 87.4 cm³/mol. The lowest BCUT2D eigenvalue weighted by atomic mass is 9.98. The monoisotopic (exact) mass is 308 g/mol. The first-order chi connectivity index (χ1) is 10.7. The van der Waals surface area contributed by atoms with Gasteiger partial charge in [-0.1, -0.05) is 19.3 Å². The molecule has 0 spiro atoms. The second-order valence-electron chi connectivity index (χ2n) is 7.62. The highest BCUT2D eigenvalue weighted by molar-refractivity contribution is 5.76. The predicted octanol–water partition coefficient (Wildman–Crippen LogP) is 2.70. The van der Waals surface area contributed by atoms with Gasteiger partial charge in [-0.3, -0.25) is 4.79 Å². The number of hydrogen-bond acceptors (Lipinski definition) is 3. The van der Waals surface area contributed by atoms with Crippen LogP contribution in [0.4, 0.5) is 0 Å². The molecule has 1 heterocycles. The van der Waals surface area contributed by atoms with Crippen molar-refractivity contribution in [2.24, 2.45) is 17.6 Å². The number of carbonyl (C=O) groups is 1. The molecule has 3 aliphatic rings. The molecular formula is C18H32N2O2. The zero-order valence-electron chi connectivity index (χ0n) is 13.8. The van der Waals surface area contributed by atoms with E-state index in [1.165, 1.54) is 32.1 Å². The Labute approximate surface area is 134 Å². The van der Waals surface area contributed by atoms with Gasteiger partial charge in [0.2, 0.25) is 5.91 Å². The van der Waals surface area contributed by atoms with E-state index in [0.717, 1.165) is 51.3 Å². The summed E-state index contributed by atoms with van der Waals surface area (Å²) >= 11 is 0. The molecule has 0 unspecified atom stereocenters. The molecule has 3 rings (SSSR count). The lowest BCUT2D eigenvalue weighted by molar-refractivity contribution is -0.135. The summed E-state index contributed by atoms with van der Waals surface area (Å²) in [6, 6.07) is 0.247. The molecule has 2 atom stereocenters. The van der Waals surface area contributed by atoms with E-state index in [1.54, 1.807) is 0 Å². The first-order valence-corrected chi connectivity index (χ1v) is 9.37. The van der Waals surface area contributed by atoms with Gasteiger partial charge in [-0.25, -0.2) is 0 Å². The number of nitrogens with zero attached hydrogens (tertiary/aromatic N) is 1. The van der Waals surface area contributed by atoms with Crippen molar-refractivity contribution in [1.29, 1.82) is 0 Å². The Balaban J connectivity index is 1.34. The van der Waals surface area contributed by atoms with Crippen LogP contribution in [0.25, 0.3) is 0 Å². The fourth-order valence-corrected chi connectivity index (χ4v) is 4.39. The molecular weight excluding hydrogens is 276 g/mol. The summed E-state index contributed by atoms with van der Waals surface area (Å²) in [7, 11) is 0. The number of amides is 1. The first kappa shape index (κ1) is 16.3. The molecule has 1 aliphatic heterocycles. The summed E-state index contributed by atoms with van der Waals surface area (Å²) < 4.78 is 6.09. The van der Waals surface area contributed by atoms with Crippen LogP contribution >= 0.6 is 0 Å². The van der Waals surface area contributed by atoms with Gasteiger partial charge in [0, 0.05) is 32.2 Å². The number of rotatable bonds is 5. The average Bonchev–Trinajstić information content (AvgIpc) is 3.18. The van der Waals surface area contributed by atoms with E-state index in [0.29, 0.717) is 24.3 Å². The zero-order chi connectivity index (χ0) is 15.4. The summed E-state index contributed by atoms with van der Waals surface area (Å²) in [5.41, 5.74) is 6.09. The summed E-state index contributed by atoms with van der Waals surface area (Å²) in [5, 5.41) is 0. The second-order valence-corrected chi connectivity index (χ2v) is 7.62. The maximum Gasteiger partial charge on any atom is 0.222 e. The van der Waals surface area contributed by atoms with Gasteiger partial charge in [0.15, 0.2) is 0 Å². The molecule has 126 valence electrons. The average molecular weight is 308 g/mol. The molecule has 2 aliphatic carbocycles. The van der Waals surface area contributed by atoms with Crippen LogP contribution in [-0.4, -0.2) is 42.6 Å². The highest BCUT2D eigenvalue weighted by atomic mass is 16.5. The minimum Gasteiger partial charge on any atom is -0.378 e. The fraction of sp³-hybridized carbons (Fsp3) is 0.944. The molecule has 22 heavy (non-hydrogen) atoms. The van der Waals surface area contributed by atoms with Crippen molar-refractivity contribution in [2.45, 2.75) is 76.4 Å². The van der Waals surface area contributed by atoms with Crippen LogP contribution in [0.5, 0.6) is 0 Å². The van der Waals surface area contributed by atoms with Gasteiger partial charge in [0.25, 0.3) is 0 Å². The number of ether oxygens (including phenoxy) is 1. The third-order valence-corrected chi connectivity index (χ3v) is 5.99. The van der Waals surface area contributed by atoms with Crippen molar-refractivity contribution in [3.05, 3.63) is 0 Å². The molecule has 0 aromatic heterocycles. The van der Waals surface area contributed by atoms with E-state index < -0.39 is 0 Å². The number of carbonyl (C=O) groups excluding carboxylic acids is 1. The maximum absolute atomic E-state index is 12.4. The SMILES string of the molecule is N[C@@H]1CCC[C@H]1CC(=O)N1CCC(OCC2CCCC2)CC1. The van der Waals surface area contributed by atoms with Crippen LogP contribution in [-0.2, 0) is 9.53 Å². The van der Waals surface area contributed by atoms with E-state index in [9.17, 15) is 4.79 Å². The molecule has 3 fully saturated rings. The Bertz CT molecular complexity index is 360. The smallest absolute Gasteiger partial charge is 0.222 e. The number of hydrogen-bond donors (Lipinski definition) is 1. The van der Waals surface area contributed by atoms with E-state index in [2.05, 4.69) is 0 Å². The van der Waals surface area contributed by atoms with Gasteiger partial charge in [-0.05, 0) is 50.4 Å². The molecule has 1 saturated heterocycles. The van der Waals surface area contributed by atoms with Gasteiger partial charge in [-0.2, -0.15) is 0 Å². The van der Waals surface area contributed by atoms with Gasteiger partial charge in [0.1, 0.15) is 0 Å². The van der Waals surface area contributed by atoms with Crippen molar-refractivity contribution in [1.82, 2.24) is 4.90 Å². The lowest BCUT2D eigenvalue weighted by Gasteiger charge is -2.33. The number of likely N-dealkylation sites (tertiary alicyclic amines) is 1. The summed E-state index contributed by atoms with van der Waals surface area (Å²) in [4.78, 5) is 14.4. The van der Waals surface area contributed by atoms with Gasteiger partial charge in [-0.15, -0.1) is 0 Å². The Morgan fingerprint density at radius 2 is 1.73 bits per heavy atom. The van der Waals surface area contributed by atoms with Gasteiger partial charge in [0.05, 0.1) is 6.10 Å². The molecule has 4 nitrogen and oxygen atoms in total. The van der Waals surface area contributed by atoms with Crippen molar-refractivity contribution in [3.63, 3.8) is 0 Å². The Hall–Kier alpha value is -0.610. The quantitative estimate of drug-likeness (QED) is 0.849. The minimum atomic E-state index is 0.247. The molecule has 4 heteroatoms. The van der Waals surface area contributed by atoms with E-state index >= 15 is 0 Å². The van der Waals surface area contributed by atoms with Crippen molar-refractivity contribution < 1.29 is 9.53 Å². The molecule has 2 saturated carbocycles. The molecule has 0 bridgehead atoms. The van der Waals surface area contributed by atoms with Crippen molar-refractivity contribution in [3.8, 4) is 0 Å². The maximum atomic E-state index is 12.4. The zero-order valence-corrected chi connectivity index (χ0v) is 13.8. The largest absolute Gasteiger partial charge is 0.378 e. The molecule has 0 radical (unpaired) electrons. The normalized spacial score (nSPS) is 31.0. The van der Waals surface area contributed by atoms with Crippen LogP contribution in [0.1, 0.15) is 64.2 Å². The molecule has 1 amide bonds. The fourth-order valence-electron chi connectivity index (χ4n) is 4.39. The van der Waals surface area contributed by atoms with Crippen molar-refractivity contribution in [2.75, 3.05) is 19.7 Å². The van der Waals surface area contributed by atoms with Crippen LogP contribution in [0, 0.1) is 11.8 Å². The standard InChI is InChI=1S/C18H32N2O2/c19-17-7-3-6-15(17)12-18(21)20-10-8-16(9-11-20)22-13-14-4-1-2-5-14/h14-17H,1-13,19H2/t15-,17+/m0/s1. The van der Waals surface area contributed by atoms with E-state index in [4.69, 9.17) is 10.5 Å². The Kier molecular flexibility index (Phi) is 5.75. The van der Waals surface area contributed by atoms with Gasteiger partial charge >= 0.3 is 0 Å². The van der Waals surface area contributed by atoms with Gasteiger partial charge < -0.3 is 15.4 Å². The number of piperidine rings is 1. The van der Waals surface area contributed by atoms with Crippen LogP contribution < -0.4 is 5.73 Å². The summed E-state index contributed by atoms with van der Waals surface area (Å²) in [6.07, 6.45) is 11.9. The highest BCUT2D eigenvalue weighted by Crippen LogP contribution is 2.29. The minimum absolute atomic E-state index is 0.247. The van der Waals surface area contributed by atoms with Crippen molar-refractivity contribution >= 4 is 5.91 Å². The third kappa shape index (κ3) is 4.23. The highest BCUT2D eigenvalue weighted by Gasteiger charge is 2.30. The van der Waals surface area contributed by atoms with Crippen LogP contribution in [0.3, 0.4) is 0 Å². The summed E-state index contributed by atoms with van der Waals surface area (Å²) in [5.74, 6) is 1.53. The molecule has 0 aromatic rings. The Morgan fingerprint density at radius 1 is 1.00 bits per heavy atom. The number of nitrogens with two attached hydrogens (primary N) is 1. The molecule has 2 N–H and O–H groups in total. The second kappa shape index (κ2) is 7.78. The first-order valence-electron chi connectivity index (χ1n) is 9.37. The third-order valence-electron chi connectivity index (χ3n) is 5.99. The van der Waals surface area contributed by atoms with Crippen LogP contribution in [0.15, 0.2) is 0 Å². The summed E-state index contributed by atoms with van der Waals surface area (Å²) in [6.45, 7) is 2.68. The molecule has 0 aromatic carbocycles. The Morgan fingerprint density at radius 3 is 2.36 bits per heavy atom.